The number of unbranched alkanes of at least 4 members (excludes halogenated alkanes) is 11. The van der Waals surface area contributed by atoms with E-state index in [1.54, 1.807) is 5.64 Å². The zero-order valence-corrected chi connectivity index (χ0v) is 17.0. The van der Waals surface area contributed by atoms with Gasteiger partial charge >= 0.3 is 5.97 Å². The van der Waals surface area contributed by atoms with Gasteiger partial charge in [-0.2, -0.15) is 0 Å². The Labute approximate surface area is 164 Å². The molecule has 0 amide bonds. The van der Waals surface area contributed by atoms with Gasteiger partial charge in [0.15, 0.2) is 13.6 Å². The molecule has 0 fully saturated rings. The number of hydrogen-bond acceptors (Lipinski definition) is 6. The van der Waals surface area contributed by atoms with Crippen molar-refractivity contribution in [1.82, 2.24) is 5.64 Å². The monoisotopic (exact) mass is 391 g/mol. The Morgan fingerprint density at radius 3 is 1.67 bits per heavy atom. The molecule has 0 unspecified atom stereocenters. The van der Waals surface area contributed by atoms with Gasteiger partial charge in [0.05, 0.1) is 0 Å². The van der Waals surface area contributed by atoms with Gasteiger partial charge < -0.3 is 15.3 Å². The smallest absolute Gasteiger partial charge is 0.303 e. The number of carboxylic acids is 1. The van der Waals surface area contributed by atoms with Crippen molar-refractivity contribution in [2.45, 2.75) is 96.8 Å². The molecule has 27 heavy (non-hydrogen) atoms. The van der Waals surface area contributed by atoms with E-state index in [0.29, 0.717) is 6.42 Å². The molecule has 0 spiro atoms. The fourth-order valence-corrected chi connectivity index (χ4v) is 2.44. The fraction of sp³-hybridized carbons (Fsp3) is 0.850. The van der Waals surface area contributed by atoms with E-state index in [4.69, 9.17) is 15.3 Å². The van der Waals surface area contributed by atoms with Crippen molar-refractivity contribution in [2.75, 3.05) is 13.6 Å². The molecule has 0 atom stereocenters. The molecular weight excluding hydrogens is 350 g/mol. The summed E-state index contributed by atoms with van der Waals surface area (Å²) in [5, 5.41) is 24.2. The lowest BCUT2D eigenvalue weighted by atomic mass is 10.1. The largest absolute Gasteiger partial charge is 0.481 e. The first-order chi connectivity index (χ1) is 13.2. The minimum Gasteiger partial charge on any atom is -0.481 e. The molecule has 7 heteroatoms. The molecule has 0 heterocycles. The maximum atomic E-state index is 10.3. The molecule has 162 valence electrons. The van der Waals surface area contributed by atoms with Crippen molar-refractivity contribution < 1.29 is 29.8 Å². The summed E-state index contributed by atoms with van der Waals surface area (Å²) >= 11 is 0. The van der Waals surface area contributed by atoms with Crippen LogP contribution in [0.15, 0.2) is 12.2 Å². The molecular formula is C20H41NO6. The molecule has 0 aliphatic heterocycles. The first kappa shape index (κ1) is 28.2. The SMILES string of the molecule is CCCCCCCCC=CCCCCCCCC(=O)O.OCONOCO. The van der Waals surface area contributed by atoms with E-state index in [2.05, 4.69) is 28.8 Å². The van der Waals surface area contributed by atoms with Crippen LogP contribution in [0.5, 0.6) is 0 Å². The Morgan fingerprint density at radius 2 is 1.22 bits per heavy atom. The van der Waals surface area contributed by atoms with Crippen LogP contribution in [-0.4, -0.2) is 34.9 Å². The van der Waals surface area contributed by atoms with E-state index in [-0.39, 0.29) is 0 Å². The van der Waals surface area contributed by atoms with Gasteiger partial charge in [0.1, 0.15) is 0 Å². The Bertz CT molecular complexity index is 309. The molecule has 0 saturated heterocycles. The number of carboxylic acid groups (broad SMARTS) is 1. The first-order valence-corrected chi connectivity index (χ1v) is 10.3. The second-order valence-corrected chi connectivity index (χ2v) is 6.36. The summed E-state index contributed by atoms with van der Waals surface area (Å²) in [7, 11) is 0. The minimum absolute atomic E-state index is 0.332. The summed E-state index contributed by atoms with van der Waals surface area (Å²) < 4.78 is 0. The van der Waals surface area contributed by atoms with Gasteiger partial charge in [-0.05, 0) is 32.1 Å². The third-order valence-electron chi connectivity index (χ3n) is 3.90. The maximum absolute atomic E-state index is 10.3. The average Bonchev–Trinajstić information content (AvgIpc) is 2.65. The molecule has 0 aromatic carbocycles. The van der Waals surface area contributed by atoms with Crippen molar-refractivity contribution in [1.29, 1.82) is 0 Å². The highest BCUT2D eigenvalue weighted by atomic mass is 16.9. The van der Waals surface area contributed by atoms with Crippen LogP contribution in [0.25, 0.3) is 0 Å². The summed E-state index contributed by atoms with van der Waals surface area (Å²) in [4.78, 5) is 18.3. The zero-order valence-electron chi connectivity index (χ0n) is 17.0. The predicted octanol–water partition coefficient (Wildman–Crippen LogP) is 4.45. The lowest BCUT2D eigenvalue weighted by molar-refractivity contribution is -0.234. The third kappa shape index (κ3) is 33.1. The fourth-order valence-electron chi connectivity index (χ4n) is 2.44. The van der Waals surface area contributed by atoms with Crippen LogP contribution >= 0.6 is 0 Å². The van der Waals surface area contributed by atoms with Crippen LogP contribution < -0.4 is 5.64 Å². The van der Waals surface area contributed by atoms with E-state index < -0.39 is 19.6 Å². The predicted molar refractivity (Wildman–Crippen MR) is 107 cm³/mol. The van der Waals surface area contributed by atoms with Gasteiger partial charge in [-0.1, -0.05) is 76.1 Å². The van der Waals surface area contributed by atoms with Crippen molar-refractivity contribution in [3.05, 3.63) is 12.2 Å². The molecule has 0 radical (unpaired) electrons. The van der Waals surface area contributed by atoms with Crippen molar-refractivity contribution in [2.24, 2.45) is 0 Å². The lowest BCUT2D eigenvalue weighted by Gasteiger charge is -1.99. The van der Waals surface area contributed by atoms with Crippen molar-refractivity contribution in [3.8, 4) is 0 Å². The number of allylic oxidation sites excluding steroid dienone is 2. The summed E-state index contributed by atoms with van der Waals surface area (Å²) in [6.45, 7) is 1.29. The molecule has 0 aromatic rings. The lowest BCUT2D eigenvalue weighted by Crippen LogP contribution is -2.16. The Hall–Kier alpha value is -0.990. The van der Waals surface area contributed by atoms with E-state index in [1.807, 2.05) is 0 Å². The number of aliphatic carboxylic acids is 1. The van der Waals surface area contributed by atoms with Gasteiger partial charge in [0, 0.05) is 6.42 Å². The second kappa shape index (κ2) is 27.2. The Kier molecular flexibility index (Phi) is 28.5. The maximum Gasteiger partial charge on any atom is 0.303 e. The Balaban J connectivity index is 0. The zero-order chi connectivity index (χ0) is 20.4. The average molecular weight is 392 g/mol. The molecule has 0 aliphatic rings. The molecule has 0 bridgehead atoms. The van der Waals surface area contributed by atoms with Crippen LogP contribution in [-0.2, 0) is 14.5 Å². The van der Waals surface area contributed by atoms with E-state index >= 15 is 0 Å². The Morgan fingerprint density at radius 1 is 0.778 bits per heavy atom. The van der Waals surface area contributed by atoms with Crippen LogP contribution in [0.4, 0.5) is 0 Å². The molecule has 0 rings (SSSR count). The van der Waals surface area contributed by atoms with E-state index in [0.717, 1.165) is 12.8 Å². The van der Waals surface area contributed by atoms with Crippen LogP contribution in [0, 0.1) is 0 Å². The van der Waals surface area contributed by atoms with Crippen molar-refractivity contribution in [3.63, 3.8) is 0 Å². The highest BCUT2D eigenvalue weighted by molar-refractivity contribution is 5.66. The number of carbonyl (C=O) groups is 1. The molecule has 4 N–H and O–H groups in total. The molecule has 0 aromatic heterocycles. The van der Waals surface area contributed by atoms with Crippen LogP contribution in [0.1, 0.15) is 96.8 Å². The molecule has 0 saturated carbocycles. The summed E-state index contributed by atoms with van der Waals surface area (Å²) in [6, 6.07) is 0. The highest BCUT2D eigenvalue weighted by Gasteiger charge is 1.95. The summed E-state index contributed by atoms with van der Waals surface area (Å²) in [5.41, 5.74) is 1.78. The second-order valence-electron chi connectivity index (χ2n) is 6.36. The van der Waals surface area contributed by atoms with Gasteiger partial charge in [-0.15, -0.1) is 0 Å². The molecule has 0 aliphatic carbocycles. The van der Waals surface area contributed by atoms with E-state index in [9.17, 15) is 4.79 Å². The highest BCUT2D eigenvalue weighted by Crippen LogP contribution is 2.09. The van der Waals surface area contributed by atoms with Crippen LogP contribution in [0.3, 0.4) is 0 Å². The quantitative estimate of drug-likeness (QED) is 0.111. The van der Waals surface area contributed by atoms with Crippen LogP contribution in [0.2, 0.25) is 0 Å². The minimum atomic E-state index is -0.664. The summed E-state index contributed by atoms with van der Waals surface area (Å²) in [6.07, 6.45) is 21.2. The number of rotatable bonds is 19. The standard InChI is InChI=1S/C18H34O2.C2H7NO4/c1-2-3-4-5-6-7-8-9-10-11-12-13-14-15-16-17-18(19)20;4-1-6-3-7-2-5/h9-10H,2-8,11-17H2,1H3,(H,19,20);3-5H,1-2H2. The van der Waals surface area contributed by atoms with Gasteiger partial charge in [0.25, 0.3) is 0 Å². The number of aliphatic hydroxyl groups is 2. The van der Waals surface area contributed by atoms with Crippen molar-refractivity contribution >= 4 is 5.97 Å². The number of nitrogens with one attached hydrogen (secondary N) is 1. The van der Waals surface area contributed by atoms with Gasteiger partial charge in [-0.25, -0.2) is 9.68 Å². The number of hydrogen-bond donors (Lipinski definition) is 4. The first-order valence-electron chi connectivity index (χ1n) is 10.3. The third-order valence-corrected chi connectivity index (χ3v) is 3.90. The topological polar surface area (TPSA) is 108 Å². The van der Waals surface area contributed by atoms with Gasteiger partial charge in [-0.3, -0.25) is 4.79 Å². The number of aliphatic hydroxyl groups excluding tert-OH is 2. The van der Waals surface area contributed by atoms with E-state index in [1.165, 1.54) is 70.6 Å². The van der Waals surface area contributed by atoms with Gasteiger partial charge in [0.2, 0.25) is 0 Å². The normalized spacial score (nSPS) is 10.8. The molecule has 7 nitrogen and oxygen atoms in total. The summed E-state index contributed by atoms with van der Waals surface area (Å²) in [5.74, 6) is -0.664.